The number of carbonyl (C=O) groups is 1. The Bertz CT molecular complexity index is 650. The molecule has 1 aromatic carbocycles. The maximum atomic E-state index is 12.3. The average molecular weight is 333 g/mol. The molecule has 122 valence electrons. The van der Waals surface area contributed by atoms with E-state index in [1.54, 1.807) is 30.3 Å². The van der Waals surface area contributed by atoms with Gasteiger partial charge in [0.2, 0.25) is 0 Å². The van der Waals surface area contributed by atoms with E-state index in [9.17, 15) is 9.90 Å². The first-order valence-electron chi connectivity index (χ1n) is 6.76. The van der Waals surface area contributed by atoms with Crippen LogP contribution >= 0.6 is 12.2 Å². The number of hydrogen-bond acceptors (Lipinski definition) is 4. The van der Waals surface area contributed by atoms with Gasteiger partial charge in [-0.05, 0) is 31.3 Å². The van der Waals surface area contributed by atoms with Gasteiger partial charge in [-0.3, -0.25) is 4.79 Å². The van der Waals surface area contributed by atoms with E-state index in [4.69, 9.17) is 17.0 Å². The van der Waals surface area contributed by atoms with Gasteiger partial charge in [0, 0.05) is 12.8 Å². The van der Waals surface area contributed by atoms with Crippen molar-refractivity contribution in [1.29, 1.82) is 0 Å². The third kappa shape index (κ3) is 5.91. The van der Waals surface area contributed by atoms with Crippen molar-refractivity contribution in [2.24, 2.45) is 4.99 Å². The van der Waals surface area contributed by atoms with Crippen molar-refractivity contribution in [3.8, 4) is 5.75 Å². The molecule has 0 aliphatic heterocycles. The number of anilines is 1. The monoisotopic (exact) mass is 333 g/mol. The van der Waals surface area contributed by atoms with Crippen molar-refractivity contribution in [3.63, 3.8) is 0 Å². The van der Waals surface area contributed by atoms with E-state index in [-0.39, 0.29) is 16.4 Å². The average Bonchev–Trinajstić information content (AvgIpc) is 2.53. The van der Waals surface area contributed by atoms with Crippen LogP contribution in [0.5, 0.6) is 5.75 Å². The summed E-state index contributed by atoms with van der Waals surface area (Å²) in [5.74, 6) is -0.187. The Kier molecular flexibility index (Phi) is 7.49. The molecule has 0 bridgehead atoms. The fourth-order valence-corrected chi connectivity index (χ4v) is 1.72. The minimum atomic E-state index is -0.523. The molecule has 0 saturated carbocycles. The molecule has 0 atom stereocenters. The molecule has 1 rings (SSSR count). The number of hydrogen-bond donors (Lipinski definition) is 3. The number of nitrogens with zero attached hydrogens (tertiary/aromatic N) is 1. The second kappa shape index (κ2) is 9.37. The van der Waals surface area contributed by atoms with Gasteiger partial charge in [-0.2, -0.15) is 0 Å². The lowest BCUT2D eigenvalue weighted by molar-refractivity contribution is -0.112. The molecule has 0 spiro atoms. The van der Waals surface area contributed by atoms with Crippen LogP contribution in [0.1, 0.15) is 6.92 Å². The zero-order valence-corrected chi connectivity index (χ0v) is 13.8. The Morgan fingerprint density at radius 3 is 2.78 bits per heavy atom. The zero-order chi connectivity index (χ0) is 17.2. The standard InChI is InChI=1S/C16H19N3O3S/c1-4-9-17-16(23)18-10-12(11(2)20)15(21)19-13-7-5-6-8-14(13)22-3/h4-8,10,20H,1,9H2,2-3H3,(H,17,23)(H,19,21). The van der Waals surface area contributed by atoms with Crippen LogP contribution in [0.2, 0.25) is 0 Å². The predicted molar refractivity (Wildman–Crippen MR) is 96.2 cm³/mol. The number of methoxy groups -OCH3 is 1. The molecule has 0 aliphatic carbocycles. The molecule has 0 fully saturated rings. The maximum absolute atomic E-state index is 12.3. The van der Waals surface area contributed by atoms with Gasteiger partial charge in [-0.25, -0.2) is 4.99 Å². The molecule has 0 heterocycles. The number of nitrogens with one attached hydrogen (secondary N) is 2. The lowest BCUT2D eigenvalue weighted by atomic mass is 10.2. The van der Waals surface area contributed by atoms with E-state index in [2.05, 4.69) is 22.2 Å². The Balaban J connectivity index is 2.88. The van der Waals surface area contributed by atoms with Crippen molar-refractivity contribution < 1.29 is 14.6 Å². The molecule has 1 aromatic rings. The van der Waals surface area contributed by atoms with Gasteiger partial charge < -0.3 is 20.5 Å². The Hall–Kier alpha value is -2.67. The van der Waals surface area contributed by atoms with Gasteiger partial charge in [0.25, 0.3) is 5.91 Å². The molecule has 0 aliphatic rings. The van der Waals surface area contributed by atoms with Crippen molar-refractivity contribution in [2.45, 2.75) is 6.92 Å². The predicted octanol–water partition coefficient (Wildman–Crippen LogP) is 2.60. The van der Waals surface area contributed by atoms with Crippen LogP contribution in [0.3, 0.4) is 0 Å². The van der Waals surface area contributed by atoms with Gasteiger partial charge in [0.05, 0.1) is 18.4 Å². The van der Waals surface area contributed by atoms with Crippen molar-refractivity contribution in [3.05, 3.63) is 48.3 Å². The van der Waals surface area contributed by atoms with E-state index in [0.717, 1.165) is 0 Å². The van der Waals surface area contributed by atoms with Gasteiger partial charge in [0.1, 0.15) is 11.5 Å². The van der Waals surface area contributed by atoms with Gasteiger partial charge in [-0.15, -0.1) is 6.58 Å². The summed E-state index contributed by atoms with van der Waals surface area (Å²) in [4.78, 5) is 16.2. The second-order valence-corrected chi connectivity index (χ2v) is 4.77. The Morgan fingerprint density at radius 1 is 1.48 bits per heavy atom. The van der Waals surface area contributed by atoms with Crippen LogP contribution in [0, 0.1) is 0 Å². The van der Waals surface area contributed by atoms with Crippen LogP contribution in [0.4, 0.5) is 5.69 Å². The molecular weight excluding hydrogens is 314 g/mol. The van der Waals surface area contributed by atoms with Crippen LogP contribution in [0.25, 0.3) is 0 Å². The van der Waals surface area contributed by atoms with E-state index < -0.39 is 5.91 Å². The van der Waals surface area contributed by atoms with Gasteiger partial charge >= 0.3 is 0 Å². The Labute approximate surface area is 140 Å². The van der Waals surface area contributed by atoms with Crippen molar-refractivity contribution >= 4 is 35.1 Å². The number of amides is 1. The Morgan fingerprint density at radius 2 is 2.17 bits per heavy atom. The number of rotatable bonds is 6. The summed E-state index contributed by atoms with van der Waals surface area (Å²) in [6, 6.07) is 6.95. The first-order valence-corrected chi connectivity index (χ1v) is 7.17. The summed E-state index contributed by atoms with van der Waals surface area (Å²) in [5, 5.41) is 15.3. The highest BCUT2D eigenvalue weighted by atomic mass is 32.1. The number of thiocarbonyl (C=S) groups is 1. The molecule has 1 amide bonds. The largest absolute Gasteiger partial charge is 0.512 e. The smallest absolute Gasteiger partial charge is 0.260 e. The molecule has 0 aromatic heterocycles. The number of para-hydroxylation sites is 2. The van der Waals surface area contributed by atoms with Crippen LogP contribution in [-0.4, -0.2) is 36.0 Å². The molecule has 6 nitrogen and oxygen atoms in total. The normalized spacial score (nSPS) is 11.6. The fraction of sp³-hybridized carbons (Fsp3) is 0.188. The first-order chi connectivity index (χ1) is 11.0. The number of carbonyl (C=O) groups excluding carboxylic acids is 1. The summed E-state index contributed by atoms with van der Waals surface area (Å²) in [6.07, 6.45) is 2.84. The maximum Gasteiger partial charge on any atom is 0.260 e. The molecule has 0 radical (unpaired) electrons. The summed E-state index contributed by atoms with van der Waals surface area (Å²) < 4.78 is 5.16. The van der Waals surface area contributed by atoms with Crippen molar-refractivity contribution in [1.82, 2.24) is 5.32 Å². The molecule has 7 heteroatoms. The molecule has 3 N–H and O–H groups in total. The second-order valence-electron chi connectivity index (χ2n) is 4.39. The van der Waals surface area contributed by atoms with Crippen LogP contribution < -0.4 is 15.4 Å². The number of ether oxygens (including phenoxy) is 1. The minimum absolute atomic E-state index is 0.00124. The quantitative estimate of drug-likeness (QED) is 0.245. The first kappa shape index (κ1) is 18.4. The minimum Gasteiger partial charge on any atom is -0.512 e. The van der Waals surface area contributed by atoms with E-state index >= 15 is 0 Å². The highest BCUT2D eigenvalue weighted by molar-refractivity contribution is 7.80. The fourth-order valence-electron chi connectivity index (χ4n) is 1.58. The molecule has 23 heavy (non-hydrogen) atoms. The van der Waals surface area contributed by atoms with Gasteiger partial charge in [0.15, 0.2) is 5.11 Å². The van der Waals surface area contributed by atoms with E-state index in [1.807, 2.05) is 0 Å². The summed E-state index contributed by atoms with van der Waals surface area (Å²) in [7, 11) is 1.50. The number of allylic oxidation sites excluding steroid dienone is 1. The lowest BCUT2D eigenvalue weighted by Crippen LogP contribution is -2.21. The van der Waals surface area contributed by atoms with Crippen molar-refractivity contribution in [2.75, 3.05) is 19.0 Å². The molecular formula is C16H19N3O3S. The topological polar surface area (TPSA) is 83.0 Å². The van der Waals surface area contributed by atoms with Crippen LogP contribution in [0.15, 0.2) is 53.2 Å². The number of aliphatic hydroxyl groups is 1. The lowest BCUT2D eigenvalue weighted by Gasteiger charge is -2.10. The third-order valence-electron chi connectivity index (χ3n) is 2.70. The summed E-state index contributed by atoms with van der Waals surface area (Å²) >= 11 is 4.97. The molecule has 0 unspecified atom stereocenters. The third-order valence-corrected chi connectivity index (χ3v) is 2.95. The summed E-state index contributed by atoms with van der Waals surface area (Å²) in [6.45, 7) is 5.40. The van der Waals surface area contributed by atoms with Crippen LogP contribution in [-0.2, 0) is 4.79 Å². The number of aliphatic imine (C=N–C) groups is 1. The van der Waals surface area contributed by atoms with Gasteiger partial charge in [-0.1, -0.05) is 18.2 Å². The highest BCUT2D eigenvalue weighted by Gasteiger charge is 2.13. The van der Waals surface area contributed by atoms with E-state index in [0.29, 0.717) is 18.0 Å². The highest BCUT2D eigenvalue weighted by Crippen LogP contribution is 2.23. The molecule has 0 saturated heterocycles. The number of aliphatic hydroxyl groups excluding tert-OH is 1. The zero-order valence-electron chi connectivity index (χ0n) is 13.0. The number of benzene rings is 1. The SMILES string of the molecule is C=CCNC(=S)N=CC(C(=O)Nc1ccccc1OC)=C(C)O. The van der Waals surface area contributed by atoms with E-state index in [1.165, 1.54) is 20.2 Å². The summed E-state index contributed by atoms with van der Waals surface area (Å²) in [5.41, 5.74) is 0.484.